The molecule has 1 heterocycles. The second kappa shape index (κ2) is 7.08. The topological polar surface area (TPSA) is 48.3 Å². The van der Waals surface area contributed by atoms with E-state index in [0.717, 1.165) is 29.9 Å². The van der Waals surface area contributed by atoms with Crippen LogP contribution in [-0.4, -0.2) is 22.9 Å². The first-order valence-corrected chi connectivity index (χ1v) is 10.00. The number of carbonyl (C=O) groups is 2. The van der Waals surface area contributed by atoms with Crippen molar-refractivity contribution in [2.75, 3.05) is 6.61 Å². The zero-order valence-corrected chi connectivity index (χ0v) is 17.0. The van der Waals surface area contributed by atoms with Gasteiger partial charge in [0.1, 0.15) is 0 Å². The maximum Gasteiger partial charge on any atom is 0.310 e. The molecule has 2 aliphatic rings. The van der Waals surface area contributed by atoms with Crippen molar-refractivity contribution in [2.45, 2.75) is 40.5 Å². The van der Waals surface area contributed by atoms with Crippen molar-refractivity contribution >= 4 is 11.8 Å². The number of aromatic nitrogens is 1. The predicted octanol–water partition coefficient (Wildman–Crippen LogP) is 4.65. The number of carbonyl (C=O) groups excluding carboxylic acids is 2. The van der Waals surface area contributed by atoms with Crippen molar-refractivity contribution < 1.29 is 14.3 Å². The van der Waals surface area contributed by atoms with Crippen LogP contribution in [0.5, 0.6) is 0 Å². The molecule has 0 amide bonds. The second-order valence-corrected chi connectivity index (χ2v) is 8.31. The van der Waals surface area contributed by atoms with Gasteiger partial charge in [0.05, 0.1) is 5.92 Å². The van der Waals surface area contributed by atoms with E-state index in [2.05, 4.69) is 48.8 Å². The summed E-state index contributed by atoms with van der Waals surface area (Å²) in [4.78, 5) is 25.2. The minimum absolute atomic E-state index is 0.0780. The van der Waals surface area contributed by atoms with Gasteiger partial charge in [-0.25, -0.2) is 0 Å². The number of Topliss-reactive ketones (excluding diaryl/α,β-unsaturated/α-hetero) is 1. The molecule has 2 aromatic rings. The lowest BCUT2D eigenvalue weighted by Gasteiger charge is -2.16. The highest BCUT2D eigenvalue weighted by Gasteiger charge is 2.40. The molecule has 1 aromatic heterocycles. The summed E-state index contributed by atoms with van der Waals surface area (Å²) in [7, 11) is 0. The van der Waals surface area contributed by atoms with E-state index in [-0.39, 0.29) is 24.3 Å². The third kappa shape index (κ3) is 3.21. The third-order valence-corrected chi connectivity index (χ3v) is 6.41. The summed E-state index contributed by atoms with van der Waals surface area (Å²) in [5.41, 5.74) is 5.99. The van der Waals surface area contributed by atoms with Crippen molar-refractivity contribution in [2.24, 2.45) is 17.8 Å². The van der Waals surface area contributed by atoms with Gasteiger partial charge in [0, 0.05) is 22.6 Å². The van der Waals surface area contributed by atoms with Gasteiger partial charge in [0.15, 0.2) is 6.61 Å². The van der Waals surface area contributed by atoms with E-state index < -0.39 is 0 Å². The summed E-state index contributed by atoms with van der Waals surface area (Å²) in [6, 6.07) is 8.18. The van der Waals surface area contributed by atoms with Gasteiger partial charge in [-0.2, -0.15) is 0 Å². The fourth-order valence-electron chi connectivity index (χ4n) is 4.68. The van der Waals surface area contributed by atoms with Crippen molar-refractivity contribution in [1.82, 2.24) is 4.57 Å². The fourth-order valence-corrected chi connectivity index (χ4v) is 4.68. The smallest absolute Gasteiger partial charge is 0.310 e. The minimum atomic E-state index is -0.229. The molecule has 4 nitrogen and oxygen atoms in total. The molecule has 0 spiro atoms. The summed E-state index contributed by atoms with van der Waals surface area (Å²) in [6.07, 6.45) is 6.22. The Hall–Kier alpha value is -2.62. The largest absolute Gasteiger partial charge is 0.457 e. The highest BCUT2D eigenvalue weighted by molar-refractivity contribution is 5.99. The average Bonchev–Trinajstić information content (AvgIpc) is 3.37. The number of hydrogen-bond donors (Lipinski definition) is 0. The van der Waals surface area contributed by atoms with Gasteiger partial charge in [0.25, 0.3) is 0 Å². The van der Waals surface area contributed by atoms with Crippen molar-refractivity contribution in [3.8, 4) is 5.69 Å². The van der Waals surface area contributed by atoms with E-state index in [4.69, 9.17) is 4.74 Å². The first-order chi connectivity index (χ1) is 13.3. The number of nitrogens with zero attached hydrogens (tertiary/aromatic N) is 1. The molecule has 28 heavy (non-hydrogen) atoms. The van der Waals surface area contributed by atoms with Crippen molar-refractivity contribution in [3.63, 3.8) is 0 Å². The molecule has 1 aromatic carbocycles. The molecule has 4 rings (SSSR count). The normalized spacial score (nSPS) is 22.6. The van der Waals surface area contributed by atoms with E-state index in [1.54, 1.807) is 0 Å². The molecule has 0 unspecified atom stereocenters. The molecule has 0 saturated heterocycles. The number of hydrogen-bond acceptors (Lipinski definition) is 3. The summed E-state index contributed by atoms with van der Waals surface area (Å²) in [5.74, 6) is 0.353. The predicted molar refractivity (Wildman–Crippen MR) is 109 cm³/mol. The van der Waals surface area contributed by atoms with Crippen LogP contribution in [0.2, 0.25) is 0 Å². The molecule has 2 aliphatic carbocycles. The molecule has 146 valence electrons. The zero-order chi connectivity index (χ0) is 20.0. The third-order valence-electron chi connectivity index (χ3n) is 6.41. The molecule has 0 radical (unpaired) electrons. The van der Waals surface area contributed by atoms with E-state index in [1.807, 2.05) is 19.9 Å². The van der Waals surface area contributed by atoms with E-state index in [9.17, 15) is 9.59 Å². The number of ether oxygens (including phenoxy) is 1. The SMILES string of the molecule is Cc1ccc(-n2c(C)cc(C(=O)COC(=O)[C@@H]3C[C@H]4C=C[C@H]3C4)c2C)cc1C. The Morgan fingerprint density at radius 2 is 1.82 bits per heavy atom. The van der Waals surface area contributed by atoms with E-state index >= 15 is 0 Å². The Morgan fingerprint density at radius 3 is 2.46 bits per heavy atom. The number of ketones is 1. The first-order valence-electron chi connectivity index (χ1n) is 10.00. The number of fused-ring (bicyclic) bond motifs is 2. The van der Waals surface area contributed by atoms with Crippen molar-refractivity contribution in [3.05, 3.63) is 64.5 Å². The fraction of sp³-hybridized carbons (Fsp3) is 0.417. The first kappa shape index (κ1) is 18.7. The number of rotatable bonds is 5. The highest BCUT2D eigenvalue weighted by Crippen LogP contribution is 2.43. The lowest BCUT2D eigenvalue weighted by atomic mass is 9.94. The summed E-state index contributed by atoms with van der Waals surface area (Å²) >= 11 is 0. The molecule has 1 saturated carbocycles. The maximum absolute atomic E-state index is 12.8. The number of benzene rings is 1. The highest BCUT2D eigenvalue weighted by atomic mass is 16.5. The Labute approximate surface area is 166 Å². The van der Waals surface area contributed by atoms with Crippen LogP contribution in [0, 0.1) is 45.4 Å². The van der Waals surface area contributed by atoms with Crippen LogP contribution >= 0.6 is 0 Å². The van der Waals surface area contributed by atoms with Crippen LogP contribution < -0.4 is 0 Å². The summed E-state index contributed by atoms with van der Waals surface area (Å²) < 4.78 is 7.49. The Kier molecular flexibility index (Phi) is 4.74. The van der Waals surface area contributed by atoms with Crippen LogP contribution in [0.1, 0.15) is 45.7 Å². The Morgan fingerprint density at radius 1 is 1.04 bits per heavy atom. The second-order valence-electron chi connectivity index (χ2n) is 8.31. The quantitative estimate of drug-likeness (QED) is 0.433. The summed E-state index contributed by atoms with van der Waals surface area (Å²) in [5, 5.41) is 0. The van der Waals surface area contributed by atoms with Gasteiger partial charge in [0.2, 0.25) is 5.78 Å². The Bertz CT molecular complexity index is 982. The van der Waals surface area contributed by atoms with Crippen LogP contribution in [-0.2, 0) is 9.53 Å². The van der Waals surface area contributed by atoms with Crippen LogP contribution in [0.15, 0.2) is 36.4 Å². The van der Waals surface area contributed by atoms with Crippen molar-refractivity contribution in [1.29, 1.82) is 0 Å². The van der Waals surface area contributed by atoms with Gasteiger partial charge < -0.3 is 9.30 Å². The van der Waals surface area contributed by atoms with Crippen LogP contribution in [0.4, 0.5) is 0 Å². The van der Waals surface area contributed by atoms with Crippen LogP contribution in [0.3, 0.4) is 0 Å². The molecule has 3 atom stereocenters. The molecule has 4 heteroatoms. The molecule has 0 aliphatic heterocycles. The lowest BCUT2D eigenvalue weighted by molar-refractivity contribution is -0.148. The molecule has 0 N–H and O–H groups in total. The van der Waals surface area contributed by atoms with Gasteiger partial charge >= 0.3 is 5.97 Å². The maximum atomic E-state index is 12.8. The van der Waals surface area contributed by atoms with Gasteiger partial charge in [-0.05, 0) is 81.7 Å². The number of esters is 1. The van der Waals surface area contributed by atoms with E-state index in [0.29, 0.717) is 17.4 Å². The van der Waals surface area contributed by atoms with E-state index in [1.165, 1.54) is 11.1 Å². The molecule has 2 bridgehead atoms. The van der Waals surface area contributed by atoms with Gasteiger partial charge in [-0.1, -0.05) is 18.2 Å². The summed E-state index contributed by atoms with van der Waals surface area (Å²) in [6.45, 7) is 7.92. The zero-order valence-electron chi connectivity index (χ0n) is 17.0. The molecular formula is C24H27NO3. The molecule has 1 fully saturated rings. The van der Waals surface area contributed by atoms with Gasteiger partial charge in [-0.15, -0.1) is 0 Å². The van der Waals surface area contributed by atoms with Gasteiger partial charge in [-0.3, -0.25) is 9.59 Å². The van der Waals surface area contributed by atoms with Crippen LogP contribution in [0.25, 0.3) is 5.69 Å². The number of aryl methyl sites for hydroxylation is 3. The molecular weight excluding hydrogens is 350 g/mol. The minimum Gasteiger partial charge on any atom is -0.457 e. The lowest BCUT2D eigenvalue weighted by Crippen LogP contribution is -2.24. The Balaban J connectivity index is 1.48. The number of allylic oxidation sites excluding steroid dienone is 2. The average molecular weight is 377 g/mol. The standard InChI is InChI=1S/C24H27NO3/c1-14-5-8-20(9-15(14)2)25-16(3)10-21(17(25)4)23(26)13-28-24(27)22-12-18-6-7-19(22)11-18/h5-10,18-19,22H,11-13H2,1-4H3/t18-,19-,22+/m0/s1. The monoisotopic (exact) mass is 377 g/mol.